The van der Waals surface area contributed by atoms with Crippen LogP contribution >= 0.6 is 12.2 Å². The SMILES string of the molecule is COC(=O)NC(=S)Nc1ccccc1N=C1C=CC=C2C=CC=CC21. The summed E-state index contributed by atoms with van der Waals surface area (Å²) in [6, 6.07) is 7.52. The molecule has 0 aromatic heterocycles. The van der Waals surface area contributed by atoms with Crippen LogP contribution in [0.4, 0.5) is 16.2 Å². The topological polar surface area (TPSA) is 62.7 Å². The number of hydrogen-bond donors (Lipinski definition) is 2. The van der Waals surface area contributed by atoms with Crippen molar-refractivity contribution in [3.05, 3.63) is 72.4 Å². The molecule has 1 aromatic rings. The van der Waals surface area contributed by atoms with Gasteiger partial charge in [0.2, 0.25) is 0 Å². The number of carbonyl (C=O) groups excluding carboxylic acids is 1. The Morgan fingerprint density at radius 1 is 1.20 bits per heavy atom. The van der Waals surface area contributed by atoms with Crippen molar-refractivity contribution in [2.45, 2.75) is 0 Å². The summed E-state index contributed by atoms with van der Waals surface area (Å²) in [6.45, 7) is 0. The molecule has 2 aliphatic rings. The number of nitrogens with one attached hydrogen (secondary N) is 2. The predicted octanol–water partition coefficient (Wildman–Crippen LogP) is 4.05. The van der Waals surface area contributed by atoms with E-state index < -0.39 is 6.09 Å². The fourth-order valence-corrected chi connectivity index (χ4v) is 2.76. The van der Waals surface area contributed by atoms with Crippen LogP contribution in [0.5, 0.6) is 0 Å². The molecule has 1 amide bonds. The van der Waals surface area contributed by atoms with Crippen molar-refractivity contribution in [2.24, 2.45) is 10.9 Å². The minimum Gasteiger partial charge on any atom is -0.453 e. The van der Waals surface area contributed by atoms with Crippen molar-refractivity contribution in [2.75, 3.05) is 12.4 Å². The molecule has 0 bridgehead atoms. The van der Waals surface area contributed by atoms with Gasteiger partial charge in [-0.25, -0.2) is 4.79 Å². The summed E-state index contributed by atoms with van der Waals surface area (Å²) in [6.07, 6.45) is 13.7. The van der Waals surface area contributed by atoms with E-state index >= 15 is 0 Å². The van der Waals surface area contributed by atoms with E-state index in [1.54, 1.807) is 0 Å². The van der Waals surface area contributed by atoms with E-state index in [0.717, 1.165) is 11.4 Å². The maximum Gasteiger partial charge on any atom is 0.413 e. The van der Waals surface area contributed by atoms with E-state index in [0.29, 0.717) is 5.69 Å². The van der Waals surface area contributed by atoms with Crippen molar-refractivity contribution < 1.29 is 9.53 Å². The molecule has 3 rings (SSSR count). The Labute approximate surface area is 151 Å². The van der Waals surface area contributed by atoms with Gasteiger partial charge in [-0.15, -0.1) is 0 Å². The second-order valence-electron chi connectivity index (χ2n) is 5.37. The highest BCUT2D eigenvalue weighted by atomic mass is 32.1. The van der Waals surface area contributed by atoms with Gasteiger partial charge in [-0.3, -0.25) is 10.3 Å². The zero-order chi connectivity index (χ0) is 17.6. The molecule has 2 aliphatic carbocycles. The first-order chi connectivity index (χ1) is 12.2. The number of anilines is 1. The average Bonchev–Trinajstić information content (AvgIpc) is 2.63. The highest BCUT2D eigenvalue weighted by Crippen LogP contribution is 2.30. The first-order valence-corrected chi connectivity index (χ1v) is 8.15. The molecule has 0 saturated heterocycles. The van der Waals surface area contributed by atoms with Gasteiger partial charge in [0, 0.05) is 5.92 Å². The van der Waals surface area contributed by atoms with Gasteiger partial charge in [-0.2, -0.15) is 0 Å². The van der Waals surface area contributed by atoms with Crippen LogP contribution in [0.1, 0.15) is 0 Å². The summed E-state index contributed by atoms with van der Waals surface area (Å²) in [5.74, 6) is 0.142. The van der Waals surface area contributed by atoms with Crippen molar-refractivity contribution in [3.63, 3.8) is 0 Å². The van der Waals surface area contributed by atoms with E-state index in [4.69, 9.17) is 17.2 Å². The van der Waals surface area contributed by atoms with Gasteiger partial charge in [-0.1, -0.05) is 48.6 Å². The minimum atomic E-state index is -0.620. The molecule has 0 radical (unpaired) electrons. The molecule has 0 spiro atoms. The summed E-state index contributed by atoms with van der Waals surface area (Å²) < 4.78 is 4.54. The van der Waals surface area contributed by atoms with Crippen LogP contribution in [-0.2, 0) is 4.74 Å². The normalized spacial score (nSPS) is 19.2. The molecule has 0 heterocycles. The number of hydrogen-bond acceptors (Lipinski definition) is 4. The first kappa shape index (κ1) is 16.9. The second kappa shape index (κ2) is 7.72. The van der Waals surface area contributed by atoms with Gasteiger partial charge < -0.3 is 10.1 Å². The van der Waals surface area contributed by atoms with Crippen LogP contribution in [0.25, 0.3) is 0 Å². The summed E-state index contributed by atoms with van der Waals surface area (Å²) >= 11 is 5.12. The number of amides is 1. The van der Waals surface area contributed by atoms with Gasteiger partial charge in [0.15, 0.2) is 5.11 Å². The maximum absolute atomic E-state index is 11.3. The first-order valence-electron chi connectivity index (χ1n) is 7.74. The molecule has 1 unspecified atom stereocenters. The zero-order valence-corrected chi connectivity index (χ0v) is 14.4. The van der Waals surface area contributed by atoms with Crippen molar-refractivity contribution in [1.29, 1.82) is 0 Å². The third-order valence-electron chi connectivity index (χ3n) is 3.74. The lowest BCUT2D eigenvalue weighted by atomic mass is 9.86. The molecule has 0 aliphatic heterocycles. The molecular formula is C19H17N3O2S. The number of alkyl carbamates (subject to hydrolysis) is 1. The molecule has 1 aromatic carbocycles. The van der Waals surface area contributed by atoms with Crippen molar-refractivity contribution in [3.8, 4) is 0 Å². The molecule has 2 N–H and O–H groups in total. The van der Waals surface area contributed by atoms with E-state index in [-0.39, 0.29) is 11.0 Å². The number of ether oxygens (including phenoxy) is 1. The van der Waals surface area contributed by atoms with Crippen LogP contribution in [-0.4, -0.2) is 24.0 Å². The number of aliphatic imine (C=N–C) groups is 1. The minimum absolute atomic E-state index is 0.142. The Kier molecular flexibility index (Phi) is 5.20. The maximum atomic E-state index is 11.3. The fourth-order valence-electron chi connectivity index (χ4n) is 2.57. The smallest absolute Gasteiger partial charge is 0.413 e. The molecule has 5 nitrogen and oxygen atoms in total. The highest BCUT2D eigenvalue weighted by Gasteiger charge is 2.19. The fraction of sp³-hybridized carbons (Fsp3) is 0.105. The number of para-hydroxylation sites is 2. The van der Waals surface area contributed by atoms with Crippen LogP contribution in [0.2, 0.25) is 0 Å². The summed E-state index contributed by atoms with van der Waals surface area (Å²) in [4.78, 5) is 16.0. The van der Waals surface area contributed by atoms with Gasteiger partial charge in [-0.05, 0) is 36.0 Å². The standard InChI is InChI=1S/C19H17N3O2S/c1-24-19(23)22-18(25)21-17-11-5-4-10-16(17)20-15-12-6-8-13-7-2-3-9-14(13)15/h2-12,14H,1H3,(H2,21,22,23,25). The number of benzene rings is 1. The second-order valence-corrected chi connectivity index (χ2v) is 5.78. The van der Waals surface area contributed by atoms with Crippen LogP contribution in [0.3, 0.4) is 0 Å². The number of fused-ring (bicyclic) bond motifs is 1. The van der Waals surface area contributed by atoms with Gasteiger partial charge in [0.25, 0.3) is 0 Å². The van der Waals surface area contributed by atoms with E-state index in [1.807, 2.05) is 48.6 Å². The molecule has 1 atom stereocenters. The summed E-state index contributed by atoms with van der Waals surface area (Å²) in [5, 5.41) is 5.55. The van der Waals surface area contributed by atoms with Gasteiger partial charge in [0.05, 0.1) is 24.2 Å². The van der Waals surface area contributed by atoms with Crippen molar-refractivity contribution in [1.82, 2.24) is 5.32 Å². The van der Waals surface area contributed by atoms with Crippen LogP contribution in [0, 0.1) is 5.92 Å². The number of methoxy groups -OCH3 is 1. The Balaban J connectivity index is 1.84. The van der Waals surface area contributed by atoms with Crippen LogP contribution < -0.4 is 10.6 Å². The van der Waals surface area contributed by atoms with E-state index in [9.17, 15) is 4.79 Å². The van der Waals surface area contributed by atoms with Gasteiger partial charge in [0.1, 0.15) is 0 Å². The Bertz CT molecular complexity index is 850. The largest absolute Gasteiger partial charge is 0.453 e. The molecule has 6 heteroatoms. The number of thiocarbonyl (C=S) groups is 1. The third kappa shape index (κ3) is 4.10. The van der Waals surface area contributed by atoms with Gasteiger partial charge >= 0.3 is 6.09 Å². The molecule has 25 heavy (non-hydrogen) atoms. The Morgan fingerprint density at radius 2 is 2.04 bits per heavy atom. The Morgan fingerprint density at radius 3 is 2.88 bits per heavy atom. The van der Waals surface area contributed by atoms with Crippen molar-refractivity contribution >= 4 is 40.5 Å². The monoisotopic (exact) mass is 351 g/mol. The van der Waals surface area contributed by atoms with Crippen LogP contribution in [0.15, 0.2) is 77.4 Å². The molecule has 0 saturated carbocycles. The molecule has 126 valence electrons. The number of nitrogens with zero attached hydrogens (tertiary/aromatic N) is 1. The number of carbonyl (C=O) groups is 1. The van der Waals surface area contributed by atoms with E-state index in [2.05, 4.69) is 33.6 Å². The predicted molar refractivity (Wildman–Crippen MR) is 104 cm³/mol. The lowest BCUT2D eigenvalue weighted by molar-refractivity contribution is 0.177. The lowest BCUT2D eigenvalue weighted by Crippen LogP contribution is -2.33. The molecule has 0 fully saturated rings. The van der Waals surface area contributed by atoms with E-state index in [1.165, 1.54) is 12.7 Å². The third-order valence-corrected chi connectivity index (χ3v) is 3.94. The number of allylic oxidation sites excluding steroid dienone is 8. The Hall–Kier alpha value is -2.99. The number of rotatable bonds is 2. The summed E-state index contributed by atoms with van der Waals surface area (Å²) in [7, 11) is 1.28. The lowest BCUT2D eigenvalue weighted by Gasteiger charge is -2.20. The average molecular weight is 351 g/mol. The highest BCUT2D eigenvalue weighted by molar-refractivity contribution is 7.80. The quantitative estimate of drug-likeness (QED) is 0.789. The summed E-state index contributed by atoms with van der Waals surface area (Å²) in [5.41, 5.74) is 3.59. The zero-order valence-electron chi connectivity index (χ0n) is 13.6. The molecular weight excluding hydrogens is 334 g/mol.